The molecule has 1 heterocycles. The number of carbonyl (C=O) groups is 6. The van der Waals surface area contributed by atoms with Gasteiger partial charge in [-0.25, -0.2) is 9.59 Å². The molecule has 3 atom stereocenters. The Morgan fingerprint density at radius 3 is 2.12 bits per heavy atom. The first kappa shape index (κ1) is 41.3. The van der Waals surface area contributed by atoms with E-state index in [-0.39, 0.29) is 37.3 Å². The zero-order valence-corrected chi connectivity index (χ0v) is 28.4. The number of carbonyl (C=O) groups excluding carboxylic acids is 5. The molecule has 2 rings (SSSR count). The fourth-order valence-corrected chi connectivity index (χ4v) is 4.09. The van der Waals surface area contributed by atoms with Gasteiger partial charge in [0.2, 0.25) is 23.6 Å². The van der Waals surface area contributed by atoms with E-state index < -0.39 is 65.0 Å². The average Bonchev–Trinajstić information content (AvgIpc) is 2.94. The molecule has 0 spiro atoms. The molecule has 18 heteroatoms. The molecule has 0 saturated heterocycles. The molecule has 0 aliphatic rings. The molecule has 0 saturated carbocycles. The summed E-state index contributed by atoms with van der Waals surface area (Å²) in [7, 11) is 0. The van der Waals surface area contributed by atoms with E-state index in [0.717, 1.165) is 6.92 Å². The van der Waals surface area contributed by atoms with Crippen molar-refractivity contribution in [3.63, 3.8) is 0 Å². The van der Waals surface area contributed by atoms with Gasteiger partial charge in [0.05, 0.1) is 0 Å². The number of primary amides is 1. The zero-order valence-electron chi connectivity index (χ0n) is 28.4. The fourth-order valence-electron chi connectivity index (χ4n) is 4.09. The molecule has 0 radical (unpaired) electrons. The van der Waals surface area contributed by atoms with Crippen LogP contribution in [0.1, 0.15) is 65.9 Å². The molecule has 2 aromatic rings. The Bertz CT molecular complexity index is 1590. The predicted octanol–water partition coefficient (Wildman–Crippen LogP) is 0.333. The standard InChI is InChI=1S/C29H42N8O8.C2H4O2/c1-15-13-23(39)44-21-14-17(8-9-18(15)21)35-26(42)19(7-6-12-33-27(31)32)36-24(40)16(2)34-25(41)20(10-11-22(30)38)37-28(43)45-29(3,4)5;1-2(3)4/h8-9,13-14,16,19-20H,6-7,10-12H2,1-5H3,(H2,30,38)(H,34,41)(H,35,42)(H,36,40)(H,37,43)(H4,31,32,33);1H3,(H,3,4)/t16-,19-,20-;/m0./s1. The van der Waals surface area contributed by atoms with Crippen molar-refractivity contribution in [1.82, 2.24) is 16.0 Å². The van der Waals surface area contributed by atoms with Crippen molar-refractivity contribution >= 4 is 58.3 Å². The summed E-state index contributed by atoms with van der Waals surface area (Å²) in [5, 5.41) is 18.3. The average molecular weight is 691 g/mol. The van der Waals surface area contributed by atoms with Crippen molar-refractivity contribution in [3.8, 4) is 0 Å². The van der Waals surface area contributed by atoms with Gasteiger partial charge in [-0.2, -0.15) is 0 Å². The van der Waals surface area contributed by atoms with Crippen LogP contribution in [0.4, 0.5) is 10.5 Å². The second-order valence-corrected chi connectivity index (χ2v) is 11.9. The summed E-state index contributed by atoms with van der Waals surface area (Å²) in [6.07, 6.45) is -0.819. The van der Waals surface area contributed by atoms with Crippen molar-refractivity contribution in [3.05, 3.63) is 40.2 Å². The van der Waals surface area contributed by atoms with Crippen LogP contribution in [0.3, 0.4) is 0 Å². The summed E-state index contributed by atoms with van der Waals surface area (Å²) >= 11 is 0. The third-order valence-electron chi connectivity index (χ3n) is 6.24. The Morgan fingerprint density at radius 2 is 1.55 bits per heavy atom. The number of nitrogens with zero attached hydrogens (tertiary/aromatic N) is 1. The minimum atomic E-state index is -1.24. The quantitative estimate of drug-likeness (QED) is 0.0576. The number of nitrogens with one attached hydrogen (secondary N) is 4. The Hall–Kier alpha value is -5.68. The molecule has 0 aliphatic carbocycles. The van der Waals surface area contributed by atoms with E-state index in [1.54, 1.807) is 39.8 Å². The molecular weight excluding hydrogens is 644 g/mol. The number of rotatable bonds is 14. The van der Waals surface area contributed by atoms with E-state index in [2.05, 4.69) is 26.3 Å². The smallest absolute Gasteiger partial charge is 0.408 e. The van der Waals surface area contributed by atoms with Crippen molar-refractivity contribution in [1.29, 1.82) is 0 Å². The van der Waals surface area contributed by atoms with Crippen LogP contribution >= 0.6 is 0 Å². The molecule has 270 valence electrons. The lowest BCUT2D eigenvalue weighted by molar-refractivity contribution is -0.134. The van der Waals surface area contributed by atoms with Crippen LogP contribution in [0.5, 0.6) is 0 Å². The Kier molecular flexibility index (Phi) is 16.2. The second kappa shape index (κ2) is 19.2. The van der Waals surface area contributed by atoms with Gasteiger partial charge in [0, 0.05) is 43.1 Å². The monoisotopic (exact) mass is 690 g/mol. The molecule has 0 unspecified atom stereocenters. The van der Waals surface area contributed by atoms with Crippen LogP contribution < -0.4 is 44.1 Å². The van der Waals surface area contributed by atoms with Gasteiger partial charge in [0.1, 0.15) is 29.3 Å². The van der Waals surface area contributed by atoms with E-state index in [9.17, 15) is 28.8 Å². The van der Waals surface area contributed by atoms with Crippen molar-refractivity contribution in [2.24, 2.45) is 22.2 Å². The fraction of sp³-hybridized carbons (Fsp3) is 0.484. The van der Waals surface area contributed by atoms with Gasteiger partial charge >= 0.3 is 11.7 Å². The highest BCUT2D eigenvalue weighted by Crippen LogP contribution is 2.21. The summed E-state index contributed by atoms with van der Waals surface area (Å²) in [5.41, 5.74) is 15.9. The third kappa shape index (κ3) is 16.6. The summed E-state index contributed by atoms with van der Waals surface area (Å²) in [6.45, 7) is 9.33. The first-order chi connectivity index (χ1) is 22.7. The summed E-state index contributed by atoms with van der Waals surface area (Å²) in [5.74, 6) is -3.73. The number of alkyl carbamates (subject to hydrolysis) is 1. The predicted molar refractivity (Wildman–Crippen MR) is 180 cm³/mol. The SMILES string of the molecule is CC(=O)O.Cc1cc(=O)oc2cc(NC(=O)[C@H](CCCN=C(N)N)NC(=O)[C@H](C)NC(=O)[C@H](CCC(N)=O)NC(=O)OC(C)(C)C)ccc12. The number of carboxylic acid groups (broad SMARTS) is 1. The lowest BCUT2D eigenvalue weighted by Gasteiger charge is -2.25. The molecule has 5 amide bonds. The van der Waals surface area contributed by atoms with Crippen LogP contribution in [0, 0.1) is 6.92 Å². The third-order valence-corrected chi connectivity index (χ3v) is 6.24. The van der Waals surface area contributed by atoms with E-state index in [4.69, 9.17) is 36.3 Å². The van der Waals surface area contributed by atoms with Gasteiger partial charge in [-0.1, -0.05) is 0 Å². The molecule has 0 aliphatic heterocycles. The normalized spacial score (nSPS) is 12.5. The molecule has 1 aromatic heterocycles. The highest BCUT2D eigenvalue weighted by Gasteiger charge is 2.29. The number of guanidine groups is 1. The molecule has 18 nitrogen and oxygen atoms in total. The second-order valence-electron chi connectivity index (χ2n) is 11.9. The molecular formula is C31H46N8O10. The van der Waals surface area contributed by atoms with Crippen molar-refractivity contribution in [2.45, 2.75) is 91.0 Å². The van der Waals surface area contributed by atoms with Crippen LogP contribution in [0.25, 0.3) is 11.0 Å². The number of aliphatic carboxylic acids is 1. The topological polar surface area (TPSA) is 301 Å². The number of aryl methyl sites for hydroxylation is 1. The van der Waals surface area contributed by atoms with E-state index >= 15 is 0 Å². The number of carboxylic acids is 1. The van der Waals surface area contributed by atoms with Crippen molar-refractivity contribution in [2.75, 3.05) is 11.9 Å². The van der Waals surface area contributed by atoms with E-state index in [1.165, 1.54) is 19.1 Å². The highest BCUT2D eigenvalue weighted by molar-refractivity contribution is 6.00. The largest absolute Gasteiger partial charge is 0.481 e. The van der Waals surface area contributed by atoms with Crippen LogP contribution in [0.2, 0.25) is 0 Å². The first-order valence-corrected chi connectivity index (χ1v) is 15.2. The lowest BCUT2D eigenvalue weighted by atomic mass is 10.1. The van der Waals surface area contributed by atoms with E-state index in [0.29, 0.717) is 23.1 Å². The number of fused-ring (bicyclic) bond motifs is 1. The minimum Gasteiger partial charge on any atom is -0.481 e. The number of aliphatic imine (C=N–C) groups is 1. The maximum atomic E-state index is 13.3. The summed E-state index contributed by atoms with van der Waals surface area (Å²) < 4.78 is 10.4. The minimum absolute atomic E-state index is 0.123. The lowest BCUT2D eigenvalue weighted by Crippen LogP contribution is -2.55. The molecule has 1 aromatic carbocycles. The number of hydrogen-bond donors (Lipinski definition) is 8. The van der Waals surface area contributed by atoms with Crippen LogP contribution in [-0.4, -0.2) is 77.0 Å². The van der Waals surface area contributed by atoms with Gasteiger partial charge < -0.3 is 52.7 Å². The highest BCUT2D eigenvalue weighted by atomic mass is 16.6. The zero-order chi connectivity index (χ0) is 37.5. The summed E-state index contributed by atoms with van der Waals surface area (Å²) in [6, 6.07) is 2.67. The van der Waals surface area contributed by atoms with Gasteiger partial charge in [-0.3, -0.25) is 29.0 Å². The van der Waals surface area contributed by atoms with Gasteiger partial charge in [-0.05, 0) is 71.6 Å². The van der Waals surface area contributed by atoms with Gasteiger partial charge in [0.25, 0.3) is 5.97 Å². The first-order valence-electron chi connectivity index (χ1n) is 15.2. The number of ether oxygens (including phenoxy) is 1. The molecule has 11 N–H and O–H groups in total. The Morgan fingerprint density at radius 1 is 0.939 bits per heavy atom. The number of anilines is 1. The van der Waals surface area contributed by atoms with Crippen LogP contribution in [-0.2, 0) is 28.7 Å². The summed E-state index contributed by atoms with van der Waals surface area (Å²) in [4.78, 5) is 87.7. The number of nitrogens with two attached hydrogens (primary N) is 3. The Labute approximate surface area is 282 Å². The molecule has 49 heavy (non-hydrogen) atoms. The van der Waals surface area contributed by atoms with Crippen molar-refractivity contribution < 1.29 is 43.0 Å². The van der Waals surface area contributed by atoms with Gasteiger partial charge in [0.15, 0.2) is 5.96 Å². The van der Waals surface area contributed by atoms with E-state index in [1.807, 2.05) is 0 Å². The molecule has 0 bridgehead atoms. The Balaban J connectivity index is 0.00000283. The number of benzene rings is 1. The molecule has 0 fully saturated rings. The maximum absolute atomic E-state index is 13.3. The number of hydrogen-bond acceptors (Lipinski definition) is 10. The van der Waals surface area contributed by atoms with Gasteiger partial charge in [-0.15, -0.1) is 0 Å². The number of amides is 5. The maximum Gasteiger partial charge on any atom is 0.408 e. The van der Waals surface area contributed by atoms with Crippen LogP contribution in [0.15, 0.2) is 38.5 Å².